The predicted molar refractivity (Wildman–Crippen MR) is 106 cm³/mol. The van der Waals surface area contributed by atoms with E-state index in [0.717, 1.165) is 35.3 Å². The molecule has 0 amide bonds. The zero-order valence-corrected chi connectivity index (χ0v) is 15.7. The molecule has 5 rings (SSSR count). The summed E-state index contributed by atoms with van der Waals surface area (Å²) in [6.45, 7) is -0.0670. The number of pyridine rings is 1. The van der Waals surface area contributed by atoms with E-state index in [1.165, 1.54) is 12.8 Å². The Morgan fingerprint density at radius 2 is 1.96 bits per heavy atom. The molecule has 142 valence electrons. The highest BCUT2D eigenvalue weighted by molar-refractivity contribution is 5.85. The predicted octanol–water partition coefficient (Wildman–Crippen LogP) is 2.29. The van der Waals surface area contributed by atoms with Gasteiger partial charge in [0.25, 0.3) is 0 Å². The van der Waals surface area contributed by atoms with Crippen molar-refractivity contribution in [3.8, 4) is 11.1 Å². The zero-order chi connectivity index (χ0) is 17.7. The standard InChI is InChI=1S/C19H22N6O.ClH/c20-18-7-17(12-5-13-3-4-14(6-12)23-13)24-19-16(9-22-25(18)19)11-1-2-15(10-26)21-8-11;/h1-2,7-9,12-14,23,26H,3-6,10,20H2;1H/t12-,13+,14-;. The number of halogens is 1. The molecule has 3 atom stereocenters. The van der Waals surface area contributed by atoms with Gasteiger partial charge < -0.3 is 16.2 Å². The van der Waals surface area contributed by atoms with Crippen LogP contribution in [0.5, 0.6) is 0 Å². The molecule has 2 aliphatic heterocycles. The van der Waals surface area contributed by atoms with Gasteiger partial charge in [0.15, 0.2) is 5.65 Å². The number of piperidine rings is 1. The number of nitrogens with one attached hydrogen (secondary N) is 1. The molecule has 0 spiro atoms. The van der Waals surface area contributed by atoms with Gasteiger partial charge in [-0.05, 0) is 31.7 Å². The summed E-state index contributed by atoms with van der Waals surface area (Å²) >= 11 is 0. The third-order valence-electron chi connectivity index (χ3n) is 5.71. The molecule has 8 heteroatoms. The van der Waals surface area contributed by atoms with Crippen molar-refractivity contribution in [3.05, 3.63) is 42.0 Å². The summed E-state index contributed by atoms with van der Waals surface area (Å²) in [7, 11) is 0. The smallest absolute Gasteiger partial charge is 0.165 e. The van der Waals surface area contributed by atoms with Crippen molar-refractivity contribution in [2.24, 2.45) is 0 Å². The van der Waals surface area contributed by atoms with Gasteiger partial charge in [-0.1, -0.05) is 6.07 Å². The van der Waals surface area contributed by atoms with Crippen LogP contribution in [-0.4, -0.2) is 36.8 Å². The normalized spacial score (nSPS) is 24.1. The van der Waals surface area contributed by atoms with Crippen molar-refractivity contribution in [1.82, 2.24) is 24.9 Å². The lowest BCUT2D eigenvalue weighted by atomic mass is 9.89. The summed E-state index contributed by atoms with van der Waals surface area (Å²) in [6, 6.07) is 6.95. The lowest BCUT2D eigenvalue weighted by Crippen LogP contribution is -2.37. The number of fused-ring (bicyclic) bond motifs is 3. The minimum absolute atomic E-state index is 0. The second-order valence-corrected chi connectivity index (χ2v) is 7.40. The molecule has 0 unspecified atom stereocenters. The first-order valence-corrected chi connectivity index (χ1v) is 9.17. The minimum Gasteiger partial charge on any atom is -0.390 e. The molecule has 2 saturated heterocycles. The molecule has 27 heavy (non-hydrogen) atoms. The van der Waals surface area contributed by atoms with E-state index in [4.69, 9.17) is 10.7 Å². The number of nitrogens with zero attached hydrogens (tertiary/aromatic N) is 4. The van der Waals surface area contributed by atoms with Crippen molar-refractivity contribution in [2.75, 3.05) is 5.73 Å². The van der Waals surface area contributed by atoms with Gasteiger partial charge >= 0.3 is 0 Å². The summed E-state index contributed by atoms with van der Waals surface area (Å²) < 4.78 is 1.69. The first kappa shape index (κ1) is 18.2. The van der Waals surface area contributed by atoms with Crippen LogP contribution in [0.4, 0.5) is 5.82 Å². The molecule has 2 fully saturated rings. The highest BCUT2D eigenvalue weighted by Gasteiger charge is 2.35. The molecule has 5 heterocycles. The first-order chi connectivity index (χ1) is 12.7. The second kappa shape index (κ2) is 7.07. The third-order valence-corrected chi connectivity index (χ3v) is 5.71. The Hall–Kier alpha value is -2.22. The Morgan fingerprint density at radius 1 is 1.19 bits per heavy atom. The fraction of sp³-hybridized carbons (Fsp3) is 0.421. The van der Waals surface area contributed by atoms with Crippen LogP contribution in [0.15, 0.2) is 30.6 Å². The van der Waals surface area contributed by atoms with E-state index < -0.39 is 0 Å². The Labute approximate surface area is 163 Å². The van der Waals surface area contributed by atoms with Crippen LogP contribution >= 0.6 is 12.4 Å². The van der Waals surface area contributed by atoms with E-state index >= 15 is 0 Å². The number of aromatic nitrogens is 4. The molecule has 0 saturated carbocycles. The van der Waals surface area contributed by atoms with Crippen molar-refractivity contribution < 1.29 is 5.11 Å². The number of nitrogen functional groups attached to an aromatic ring is 1. The number of rotatable bonds is 3. The average molecular weight is 387 g/mol. The van der Waals surface area contributed by atoms with Crippen LogP contribution in [0.1, 0.15) is 43.0 Å². The van der Waals surface area contributed by atoms with Gasteiger partial charge in [-0.15, -0.1) is 12.4 Å². The summed E-state index contributed by atoms with van der Waals surface area (Å²) in [5, 5.41) is 17.3. The van der Waals surface area contributed by atoms with Crippen molar-refractivity contribution >= 4 is 23.9 Å². The van der Waals surface area contributed by atoms with E-state index in [0.29, 0.717) is 29.5 Å². The van der Waals surface area contributed by atoms with Gasteiger partial charge in [0, 0.05) is 47.1 Å². The van der Waals surface area contributed by atoms with E-state index in [2.05, 4.69) is 15.4 Å². The number of aliphatic hydroxyl groups is 1. The lowest BCUT2D eigenvalue weighted by Gasteiger charge is -2.28. The van der Waals surface area contributed by atoms with Crippen molar-refractivity contribution in [1.29, 1.82) is 0 Å². The SMILES string of the molecule is Cl.Nc1cc([C@H]2C[C@H]3CC[C@@H](C2)N3)nc2c(-c3ccc(CO)nc3)cnn12. The maximum Gasteiger partial charge on any atom is 0.165 e. The largest absolute Gasteiger partial charge is 0.390 e. The minimum atomic E-state index is -0.0670. The topological polar surface area (TPSA) is 101 Å². The van der Waals surface area contributed by atoms with Gasteiger partial charge in [-0.2, -0.15) is 9.61 Å². The maximum absolute atomic E-state index is 9.18. The summed E-state index contributed by atoms with van der Waals surface area (Å²) in [6.07, 6.45) is 8.30. The first-order valence-electron chi connectivity index (χ1n) is 9.17. The molecule has 3 aromatic heterocycles. The molecule has 4 N–H and O–H groups in total. The van der Waals surface area contributed by atoms with Gasteiger partial charge in [0.1, 0.15) is 5.82 Å². The number of hydrogen-bond acceptors (Lipinski definition) is 6. The summed E-state index contributed by atoms with van der Waals surface area (Å²) in [5.74, 6) is 1.06. The van der Waals surface area contributed by atoms with Crippen LogP contribution in [0.2, 0.25) is 0 Å². The van der Waals surface area contributed by atoms with Crippen molar-refractivity contribution in [3.63, 3.8) is 0 Å². The number of nitrogens with two attached hydrogens (primary N) is 1. The summed E-state index contributed by atoms with van der Waals surface area (Å²) in [5.41, 5.74) is 10.6. The van der Waals surface area contributed by atoms with E-state index in [1.807, 2.05) is 18.2 Å². The number of aliphatic hydroxyl groups excluding tert-OH is 1. The molecule has 2 bridgehead atoms. The fourth-order valence-electron chi connectivity index (χ4n) is 4.39. The fourth-order valence-corrected chi connectivity index (χ4v) is 4.39. The van der Waals surface area contributed by atoms with Crippen LogP contribution in [-0.2, 0) is 6.61 Å². The molecule has 3 aromatic rings. The number of anilines is 1. The molecule has 0 aliphatic carbocycles. The van der Waals surface area contributed by atoms with Crippen LogP contribution in [0, 0.1) is 0 Å². The highest BCUT2D eigenvalue weighted by Crippen LogP contribution is 2.37. The van der Waals surface area contributed by atoms with Gasteiger partial charge in [0.2, 0.25) is 0 Å². The average Bonchev–Trinajstić information content (AvgIpc) is 3.25. The second-order valence-electron chi connectivity index (χ2n) is 7.40. The quantitative estimate of drug-likeness (QED) is 0.638. The zero-order valence-electron chi connectivity index (χ0n) is 14.9. The van der Waals surface area contributed by atoms with Crippen LogP contribution in [0.3, 0.4) is 0 Å². The van der Waals surface area contributed by atoms with E-state index in [-0.39, 0.29) is 19.0 Å². The van der Waals surface area contributed by atoms with Crippen molar-refractivity contribution in [2.45, 2.75) is 50.3 Å². The lowest BCUT2D eigenvalue weighted by molar-refractivity contribution is 0.277. The maximum atomic E-state index is 9.18. The van der Waals surface area contributed by atoms with E-state index in [1.54, 1.807) is 16.9 Å². The van der Waals surface area contributed by atoms with Gasteiger partial charge in [-0.3, -0.25) is 4.98 Å². The van der Waals surface area contributed by atoms with Gasteiger partial charge in [0.05, 0.1) is 18.5 Å². The highest BCUT2D eigenvalue weighted by atomic mass is 35.5. The molecule has 2 aliphatic rings. The molecule has 0 radical (unpaired) electrons. The monoisotopic (exact) mass is 386 g/mol. The Kier molecular flexibility index (Phi) is 4.75. The molecular formula is C19H23ClN6O. The third kappa shape index (κ3) is 3.16. The summed E-state index contributed by atoms with van der Waals surface area (Å²) in [4.78, 5) is 9.22. The Balaban J connectivity index is 0.00000180. The Bertz CT molecular complexity index is 945. The number of hydrogen-bond donors (Lipinski definition) is 3. The molecule has 0 aromatic carbocycles. The van der Waals surface area contributed by atoms with Crippen LogP contribution < -0.4 is 11.1 Å². The Morgan fingerprint density at radius 3 is 2.63 bits per heavy atom. The van der Waals surface area contributed by atoms with Gasteiger partial charge in [-0.25, -0.2) is 4.98 Å². The van der Waals surface area contributed by atoms with E-state index in [9.17, 15) is 5.11 Å². The molecule has 7 nitrogen and oxygen atoms in total. The molecular weight excluding hydrogens is 364 g/mol. The van der Waals surface area contributed by atoms with Crippen LogP contribution in [0.25, 0.3) is 16.8 Å².